The van der Waals surface area contributed by atoms with Gasteiger partial charge in [-0.25, -0.2) is 4.63 Å². The van der Waals surface area contributed by atoms with Crippen LogP contribution in [-0.2, 0) is 0 Å². The molecule has 0 radical (unpaired) electrons. The summed E-state index contributed by atoms with van der Waals surface area (Å²) >= 11 is 0. The molecule has 0 atom stereocenters. The third-order valence-electron chi connectivity index (χ3n) is 2.38. The molecule has 2 amide bonds. The first kappa shape index (κ1) is 12.6. The number of amides is 2. The molecule has 2 rings (SSSR count). The first-order chi connectivity index (χ1) is 9.13. The quantitative estimate of drug-likeness (QED) is 0.728. The van der Waals surface area contributed by atoms with Crippen molar-refractivity contribution < 1.29 is 14.2 Å². The predicted molar refractivity (Wildman–Crippen MR) is 66.5 cm³/mol. The zero-order valence-electron chi connectivity index (χ0n) is 10.0. The largest absolute Gasteiger partial charge is 0.379 e. The van der Waals surface area contributed by atoms with Crippen LogP contribution in [0.4, 0.5) is 11.5 Å². The molecule has 8 heteroatoms. The highest BCUT2D eigenvalue weighted by Crippen LogP contribution is 2.16. The van der Waals surface area contributed by atoms with Crippen LogP contribution in [0.3, 0.4) is 0 Å². The number of nitrogen functional groups attached to an aromatic ring is 1. The predicted octanol–water partition coefficient (Wildman–Crippen LogP) is 0.264. The van der Waals surface area contributed by atoms with Crippen molar-refractivity contribution in [3.05, 3.63) is 35.5 Å². The van der Waals surface area contributed by atoms with Gasteiger partial charge in [0.1, 0.15) is 0 Å². The summed E-state index contributed by atoms with van der Waals surface area (Å²) in [6, 6.07) is 6.55. The molecule has 0 saturated heterocycles. The smallest absolute Gasteiger partial charge is 0.281 e. The van der Waals surface area contributed by atoms with Gasteiger partial charge in [-0.2, -0.15) is 0 Å². The van der Waals surface area contributed by atoms with Crippen molar-refractivity contribution in [2.45, 2.75) is 0 Å². The summed E-state index contributed by atoms with van der Waals surface area (Å²) in [5.74, 6) is -1.04. The summed E-state index contributed by atoms with van der Waals surface area (Å²) in [6.45, 7) is 0. The molecule has 0 saturated carbocycles. The lowest BCUT2D eigenvalue weighted by molar-refractivity contribution is 0.0964. The van der Waals surface area contributed by atoms with Crippen LogP contribution in [0.2, 0.25) is 0 Å². The fourth-order valence-electron chi connectivity index (χ4n) is 1.46. The SMILES string of the molecule is CNC(=O)c1ccccc1NC(=O)c1nonc1N. The van der Waals surface area contributed by atoms with E-state index in [-0.39, 0.29) is 17.4 Å². The number of para-hydroxylation sites is 1. The normalized spacial score (nSPS) is 9.95. The second kappa shape index (κ2) is 5.17. The van der Waals surface area contributed by atoms with Gasteiger partial charge in [0.25, 0.3) is 11.8 Å². The van der Waals surface area contributed by atoms with Crippen molar-refractivity contribution in [1.82, 2.24) is 15.6 Å². The topological polar surface area (TPSA) is 123 Å². The van der Waals surface area contributed by atoms with Crippen LogP contribution in [-0.4, -0.2) is 29.2 Å². The third-order valence-corrected chi connectivity index (χ3v) is 2.38. The van der Waals surface area contributed by atoms with Crippen molar-refractivity contribution in [2.24, 2.45) is 0 Å². The Bertz CT molecular complexity index is 622. The van der Waals surface area contributed by atoms with Crippen LogP contribution >= 0.6 is 0 Å². The molecule has 0 unspecified atom stereocenters. The molecule has 0 aliphatic rings. The van der Waals surface area contributed by atoms with Crippen LogP contribution < -0.4 is 16.4 Å². The Morgan fingerprint density at radius 2 is 1.95 bits per heavy atom. The maximum atomic E-state index is 11.9. The molecule has 98 valence electrons. The summed E-state index contributed by atoms with van der Waals surface area (Å²) in [6.07, 6.45) is 0. The Balaban J connectivity index is 2.27. The first-order valence-corrected chi connectivity index (χ1v) is 5.34. The second-order valence-corrected chi connectivity index (χ2v) is 3.58. The molecule has 4 N–H and O–H groups in total. The molecule has 19 heavy (non-hydrogen) atoms. The van der Waals surface area contributed by atoms with Gasteiger partial charge in [-0.3, -0.25) is 9.59 Å². The number of hydrogen-bond donors (Lipinski definition) is 3. The molecule has 8 nitrogen and oxygen atoms in total. The van der Waals surface area contributed by atoms with Gasteiger partial charge in [-0.15, -0.1) is 0 Å². The average molecular weight is 261 g/mol. The fraction of sp³-hybridized carbons (Fsp3) is 0.0909. The monoisotopic (exact) mass is 261 g/mol. The minimum atomic E-state index is -0.602. The molecule has 0 fully saturated rings. The molecule has 2 aromatic rings. The molecule has 0 aliphatic carbocycles. The molecular formula is C11H11N5O3. The molecule has 1 aromatic heterocycles. The summed E-state index contributed by atoms with van der Waals surface area (Å²) in [7, 11) is 1.50. The van der Waals surface area contributed by atoms with Crippen LogP contribution in [0.1, 0.15) is 20.8 Å². The van der Waals surface area contributed by atoms with Gasteiger partial charge in [0.05, 0.1) is 11.3 Å². The number of rotatable bonds is 3. The van der Waals surface area contributed by atoms with Gasteiger partial charge in [0.2, 0.25) is 11.5 Å². The maximum absolute atomic E-state index is 11.9. The number of anilines is 2. The summed E-state index contributed by atoms with van der Waals surface area (Å²) in [5.41, 5.74) is 5.95. The number of carbonyl (C=O) groups is 2. The number of nitrogens with two attached hydrogens (primary N) is 1. The summed E-state index contributed by atoms with van der Waals surface area (Å²) < 4.78 is 4.34. The van der Waals surface area contributed by atoms with Gasteiger partial charge >= 0.3 is 0 Å². The highest BCUT2D eigenvalue weighted by atomic mass is 16.6. The van der Waals surface area contributed by atoms with Gasteiger partial charge in [0, 0.05) is 7.05 Å². The molecule has 1 aromatic carbocycles. The lowest BCUT2D eigenvalue weighted by Crippen LogP contribution is -2.22. The fourth-order valence-corrected chi connectivity index (χ4v) is 1.46. The highest BCUT2D eigenvalue weighted by molar-refractivity contribution is 6.09. The van der Waals surface area contributed by atoms with E-state index in [1.807, 2.05) is 0 Å². The lowest BCUT2D eigenvalue weighted by atomic mass is 10.1. The Morgan fingerprint density at radius 3 is 2.58 bits per heavy atom. The van der Waals surface area contributed by atoms with Crippen LogP contribution in [0.15, 0.2) is 28.9 Å². The van der Waals surface area contributed by atoms with Gasteiger partial charge in [-0.1, -0.05) is 12.1 Å². The average Bonchev–Trinajstić information content (AvgIpc) is 2.85. The van der Waals surface area contributed by atoms with E-state index in [2.05, 4.69) is 25.6 Å². The van der Waals surface area contributed by atoms with Gasteiger partial charge < -0.3 is 16.4 Å². The van der Waals surface area contributed by atoms with E-state index in [0.29, 0.717) is 11.3 Å². The maximum Gasteiger partial charge on any atom is 0.281 e. The Labute approximate surface area is 107 Å². The van der Waals surface area contributed by atoms with Crippen LogP contribution in [0.5, 0.6) is 0 Å². The first-order valence-electron chi connectivity index (χ1n) is 5.34. The van der Waals surface area contributed by atoms with Crippen molar-refractivity contribution >= 4 is 23.3 Å². The molecule has 0 spiro atoms. The van der Waals surface area contributed by atoms with E-state index in [1.54, 1.807) is 24.3 Å². The molecule has 0 aliphatic heterocycles. The number of nitrogens with one attached hydrogen (secondary N) is 2. The van der Waals surface area contributed by atoms with Crippen molar-refractivity contribution in [3.8, 4) is 0 Å². The van der Waals surface area contributed by atoms with Crippen molar-refractivity contribution in [3.63, 3.8) is 0 Å². The molecule has 0 bridgehead atoms. The molecule has 1 heterocycles. The van der Waals surface area contributed by atoms with Crippen LogP contribution in [0, 0.1) is 0 Å². The number of nitrogens with zero attached hydrogens (tertiary/aromatic N) is 2. The second-order valence-electron chi connectivity index (χ2n) is 3.58. The van der Waals surface area contributed by atoms with E-state index in [9.17, 15) is 9.59 Å². The van der Waals surface area contributed by atoms with E-state index < -0.39 is 5.91 Å². The number of benzene rings is 1. The zero-order chi connectivity index (χ0) is 13.8. The van der Waals surface area contributed by atoms with Crippen LogP contribution in [0.25, 0.3) is 0 Å². The van der Waals surface area contributed by atoms with Gasteiger partial charge in [-0.05, 0) is 22.4 Å². The minimum absolute atomic E-state index is 0.116. The Hall–Kier alpha value is -2.90. The number of carbonyl (C=O) groups excluding carboxylic acids is 2. The summed E-state index contributed by atoms with van der Waals surface area (Å²) in [5, 5.41) is 11.7. The molecular weight excluding hydrogens is 250 g/mol. The van der Waals surface area contributed by atoms with E-state index >= 15 is 0 Å². The van der Waals surface area contributed by atoms with E-state index in [0.717, 1.165) is 0 Å². The lowest BCUT2D eigenvalue weighted by Gasteiger charge is -2.08. The van der Waals surface area contributed by atoms with E-state index in [1.165, 1.54) is 7.05 Å². The standard InChI is InChI=1S/C11H11N5O3/c1-13-10(17)6-4-2-3-5-7(6)14-11(18)8-9(12)16-19-15-8/h2-5H,1H3,(H2,12,16)(H,13,17)(H,14,18). The van der Waals surface area contributed by atoms with Crippen molar-refractivity contribution in [2.75, 3.05) is 18.1 Å². The summed E-state index contributed by atoms with van der Waals surface area (Å²) in [4.78, 5) is 23.5. The number of hydrogen-bond acceptors (Lipinski definition) is 6. The van der Waals surface area contributed by atoms with Crippen molar-refractivity contribution in [1.29, 1.82) is 0 Å². The number of aromatic nitrogens is 2. The van der Waals surface area contributed by atoms with E-state index in [4.69, 9.17) is 5.73 Å². The Morgan fingerprint density at radius 1 is 1.21 bits per heavy atom. The third kappa shape index (κ3) is 2.51. The Kier molecular flexibility index (Phi) is 3.42. The minimum Gasteiger partial charge on any atom is -0.379 e. The van der Waals surface area contributed by atoms with Gasteiger partial charge in [0.15, 0.2) is 0 Å². The zero-order valence-corrected chi connectivity index (χ0v) is 10.0. The highest BCUT2D eigenvalue weighted by Gasteiger charge is 2.18.